The molecular weight excluding hydrogens is 489 g/mol. The summed E-state index contributed by atoms with van der Waals surface area (Å²) in [7, 11) is 0. The number of likely N-dealkylation sites (tertiary alicyclic amines) is 1. The van der Waals surface area contributed by atoms with Gasteiger partial charge in [-0.2, -0.15) is 0 Å². The van der Waals surface area contributed by atoms with Gasteiger partial charge in [-0.1, -0.05) is 12.1 Å². The maximum Gasteiger partial charge on any atom is 0.414 e. The molecule has 0 bridgehead atoms. The number of aliphatic hydroxyl groups excluding tert-OH is 1. The molecule has 3 N–H and O–H groups in total. The van der Waals surface area contributed by atoms with Crippen LogP contribution in [0.3, 0.4) is 0 Å². The SMILES string of the molecule is O=C(O)C(=O)O.O[C@H](COc1cccc2occc12)CN1CCC(c2cc3ccc(F)cc3s2)CC1. The van der Waals surface area contributed by atoms with Crippen LogP contribution in [0.5, 0.6) is 5.75 Å². The molecule has 1 saturated heterocycles. The Balaban J connectivity index is 0.000000455. The fourth-order valence-electron chi connectivity index (χ4n) is 4.26. The van der Waals surface area contributed by atoms with E-state index in [1.165, 1.54) is 10.9 Å². The summed E-state index contributed by atoms with van der Waals surface area (Å²) < 4.78 is 25.7. The highest BCUT2D eigenvalue weighted by atomic mass is 32.1. The van der Waals surface area contributed by atoms with Crippen LogP contribution in [0, 0.1) is 5.82 Å². The second-order valence-corrected chi connectivity index (χ2v) is 9.68. The van der Waals surface area contributed by atoms with E-state index in [0.717, 1.165) is 52.7 Å². The lowest BCUT2D eigenvalue weighted by Crippen LogP contribution is -2.40. The van der Waals surface area contributed by atoms with Crippen LogP contribution in [-0.2, 0) is 9.59 Å². The second-order valence-electron chi connectivity index (χ2n) is 8.57. The molecule has 1 atom stereocenters. The lowest BCUT2D eigenvalue weighted by molar-refractivity contribution is -0.159. The number of aliphatic carboxylic acids is 2. The first kappa shape index (κ1) is 25.6. The van der Waals surface area contributed by atoms with Gasteiger partial charge in [0.25, 0.3) is 0 Å². The highest BCUT2D eigenvalue weighted by Gasteiger charge is 2.24. The number of hydrogen-bond donors (Lipinski definition) is 3. The lowest BCUT2D eigenvalue weighted by atomic mass is 9.95. The molecule has 8 nitrogen and oxygen atoms in total. The Labute approximate surface area is 210 Å². The van der Waals surface area contributed by atoms with Crippen LogP contribution in [0.2, 0.25) is 0 Å². The molecule has 0 unspecified atom stereocenters. The molecule has 1 aliphatic rings. The summed E-state index contributed by atoms with van der Waals surface area (Å²) in [6.07, 6.45) is 3.20. The van der Waals surface area contributed by atoms with E-state index in [-0.39, 0.29) is 12.4 Å². The summed E-state index contributed by atoms with van der Waals surface area (Å²) in [4.78, 5) is 21.8. The van der Waals surface area contributed by atoms with Gasteiger partial charge in [0.15, 0.2) is 0 Å². The Morgan fingerprint density at radius 3 is 2.58 bits per heavy atom. The maximum atomic E-state index is 13.5. The number of carboxylic acid groups (broad SMARTS) is 2. The number of rotatable bonds is 6. The molecule has 0 aliphatic carbocycles. The zero-order valence-corrected chi connectivity index (χ0v) is 20.1. The molecule has 1 aliphatic heterocycles. The molecule has 190 valence electrons. The number of carboxylic acids is 2. The van der Waals surface area contributed by atoms with Gasteiger partial charge in [-0.15, -0.1) is 11.3 Å². The normalized spacial score (nSPS) is 15.4. The van der Waals surface area contributed by atoms with Gasteiger partial charge in [-0.3, -0.25) is 0 Å². The van der Waals surface area contributed by atoms with E-state index in [9.17, 15) is 9.50 Å². The average molecular weight is 516 g/mol. The summed E-state index contributed by atoms with van der Waals surface area (Å²) >= 11 is 1.70. The number of hydrogen-bond acceptors (Lipinski definition) is 7. The van der Waals surface area contributed by atoms with Crippen molar-refractivity contribution in [2.45, 2.75) is 24.9 Å². The molecule has 5 rings (SSSR count). The van der Waals surface area contributed by atoms with Crippen LogP contribution in [0.25, 0.3) is 21.1 Å². The van der Waals surface area contributed by atoms with Gasteiger partial charge in [0.05, 0.1) is 11.6 Å². The number of carbonyl (C=O) groups is 2. The Bertz CT molecular complexity index is 1330. The predicted molar refractivity (Wildman–Crippen MR) is 133 cm³/mol. The van der Waals surface area contributed by atoms with Crippen LogP contribution in [-0.4, -0.2) is 64.5 Å². The van der Waals surface area contributed by atoms with Crippen molar-refractivity contribution in [3.63, 3.8) is 0 Å². The third kappa shape index (κ3) is 6.39. The Morgan fingerprint density at radius 1 is 1.11 bits per heavy atom. The van der Waals surface area contributed by atoms with Crippen molar-refractivity contribution in [1.29, 1.82) is 0 Å². The zero-order chi connectivity index (χ0) is 25.7. The van der Waals surface area contributed by atoms with Crippen LogP contribution in [0.1, 0.15) is 23.6 Å². The van der Waals surface area contributed by atoms with Gasteiger partial charge in [-0.05, 0) is 73.6 Å². The molecule has 3 heterocycles. The van der Waals surface area contributed by atoms with Crippen molar-refractivity contribution in [3.8, 4) is 5.75 Å². The van der Waals surface area contributed by atoms with Gasteiger partial charge in [0.2, 0.25) is 0 Å². The van der Waals surface area contributed by atoms with E-state index < -0.39 is 18.0 Å². The minimum Gasteiger partial charge on any atom is -0.490 e. The molecule has 2 aromatic carbocycles. The van der Waals surface area contributed by atoms with Crippen LogP contribution in [0.4, 0.5) is 4.39 Å². The number of β-amino-alcohol motifs (C(OH)–C–C–N with tert-alkyl or cyclic N) is 1. The number of furan rings is 1. The molecular formula is C26H26FNO7S. The minimum atomic E-state index is -1.82. The molecule has 10 heteroatoms. The fraction of sp³-hybridized carbons (Fsp3) is 0.308. The smallest absolute Gasteiger partial charge is 0.414 e. The molecule has 2 aromatic heterocycles. The number of fused-ring (bicyclic) bond motifs is 2. The van der Waals surface area contributed by atoms with Gasteiger partial charge in [0, 0.05) is 16.1 Å². The van der Waals surface area contributed by atoms with E-state index >= 15 is 0 Å². The van der Waals surface area contributed by atoms with Crippen molar-refractivity contribution < 1.29 is 38.5 Å². The number of ether oxygens (including phenoxy) is 1. The molecule has 4 aromatic rings. The summed E-state index contributed by atoms with van der Waals surface area (Å²) in [6.45, 7) is 2.75. The number of aliphatic hydroxyl groups is 1. The third-order valence-electron chi connectivity index (χ3n) is 6.03. The monoisotopic (exact) mass is 515 g/mol. The van der Waals surface area contributed by atoms with Crippen LogP contribution in [0.15, 0.2) is 59.2 Å². The van der Waals surface area contributed by atoms with Crippen molar-refractivity contribution >= 4 is 44.3 Å². The van der Waals surface area contributed by atoms with Gasteiger partial charge >= 0.3 is 11.9 Å². The first-order chi connectivity index (χ1) is 17.3. The van der Waals surface area contributed by atoms with E-state index in [0.29, 0.717) is 12.5 Å². The molecule has 0 spiro atoms. The quantitative estimate of drug-likeness (QED) is 0.320. The Kier molecular flexibility index (Phi) is 8.19. The van der Waals surface area contributed by atoms with Gasteiger partial charge in [0.1, 0.15) is 29.9 Å². The topological polar surface area (TPSA) is 120 Å². The van der Waals surface area contributed by atoms with E-state index in [4.69, 9.17) is 29.0 Å². The fourth-order valence-corrected chi connectivity index (χ4v) is 5.51. The summed E-state index contributed by atoms with van der Waals surface area (Å²) in [5, 5.41) is 27.3. The number of halogens is 1. The van der Waals surface area contributed by atoms with Gasteiger partial charge in [-0.25, -0.2) is 14.0 Å². The number of piperidine rings is 1. The zero-order valence-electron chi connectivity index (χ0n) is 19.3. The molecule has 1 fully saturated rings. The average Bonchev–Trinajstić information content (AvgIpc) is 3.50. The van der Waals surface area contributed by atoms with Crippen molar-refractivity contribution in [1.82, 2.24) is 4.90 Å². The first-order valence-electron chi connectivity index (χ1n) is 11.4. The minimum absolute atomic E-state index is 0.175. The largest absolute Gasteiger partial charge is 0.490 e. The predicted octanol–water partition coefficient (Wildman–Crippen LogP) is 4.56. The number of nitrogens with zero attached hydrogens (tertiary/aromatic N) is 1. The summed E-state index contributed by atoms with van der Waals surface area (Å²) in [6, 6.07) is 14.8. The summed E-state index contributed by atoms with van der Waals surface area (Å²) in [5.41, 5.74) is 0.785. The van der Waals surface area contributed by atoms with E-state index in [1.807, 2.05) is 30.3 Å². The molecule has 0 amide bonds. The standard InChI is InChI=1S/C24H24FNO3S.C2H2O4/c25-18-5-4-17-12-23(30-24(17)13-18)16-6-9-26(10-7-16)14-19(27)15-29-22-3-1-2-21-20(22)8-11-28-21;3-1(4)2(5)6/h1-5,8,11-13,16,19,27H,6-7,9-10,14-15H2;(H,3,4)(H,5,6)/t19-;/m0./s1. The van der Waals surface area contributed by atoms with Crippen LogP contribution >= 0.6 is 11.3 Å². The third-order valence-corrected chi connectivity index (χ3v) is 7.29. The van der Waals surface area contributed by atoms with Crippen LogP contribution < -0.4 is 4.74 Å². The highest BCUT2D eigenvalue weighted by molar-refractivity contribution is 7.19. The maximum absolute atomic E-state index is 13.5. The lowest BCUT2D eigenvalue weighted by Gasteiger charge is -2.32. The van der Waals surface area contributed by atoms with Crippen molar-refractivity contribution in [3.05, 3.63) is 65.5 Å². The molecule has 36 heavy (non-hydrogen) atoms. The molecule has 0 saturated carbocycles. The summed E-state index contributed by atoms with van der Waals surface area (Å²) in [5.74, 6) is -2.58. The van der Waals surface area contributed by atoms with E-state index in [1.54, 1.807) is 23.7 Å². The Morgan fingerprint density at radius 2 is 1.86 bits per heavy atom. The molecule has 0 radical (unpaired) electrons. The van der Waals surface area contributed by atoms with Gasteiger partial charge < -0.3 is 29.4 Å². The second kappa shape index (κ2) is 11.5. The first-order valence-corrected chi connectivity index (χ1v) is 12.3. The number of thiophene rings is 1. The Hall–Kier alpha value is -3.47. The van der Waals surface area contributed by atoms with Crippen molar-refractivity contribution in [2.24, 2.45) is 0 Å². The number of benzene rings is 2. The van der Waals surface area contributed by atoms with Crippen molar-refractivity contribution in [2.75, 3.05) is 26.2 Å². The highest BCUT2D eigenvalue weighted by Crippen LogP contribution is 2.36. The van der Waals surface area contributed by atoms with E-state index in [2.05, 4.69) is 11.0 Å².